The minimum Gasteiger partial charge on any atom is -0.481 e. The van der Waals surface area contributed by atoms with E-state index in [1.165, 1.54) is 0 Å². The van der Waals surface area contributed by atoms with Gasteiger partial charge in [0, 0.05) is 31.0 Å². The number of aliphatic carboxylic acids is 1. The molecule has 1 fully saturated rings. The third-order valence-electron chi connectivity index (χ3n) is 3.08. The number of nitrogens with zero attached hydrogens (tertiary/aromatic N) is 3. The summed E-state index contributed by atoms with van der Waals surface area (Å²) < 4.78 is 1.61. The molecule has 0 saturated carbocycles. The van der Waals surface area contributed by atoms with Gasteiger partial charge in [0.05, 0.1) is 5.92 Å². The first-order valence-electron chi connectivity index (χ1n) is 5.86. The zero-order valence-corrected chi connectivity index (χ0v) is 10.8. The second kappa shape index (κ2) is 4.12. The molecule has 1 aliphatic heterocycles. The minimum absolute atomic E-state index is 0.172. The van der Waals surface area contributed by atoms with Gasteiger partial charge in [0.1, 0.15) is 0 Å². The molecule has 6 heteroatoms. The van der Waals surface area contributed by atoms with Crippen molar-refractivity contribution >= 4 is 11.8 Å². The Hall–Kier alpha value is -1.85. The predicted molar refractivity (Wildman–Crippen MR) is 66.8 cm³/mol. The summed E-state index contributed by atoms with van der Waals surface area (Å²) in [5.41, 5.74) is -0.486. The molecule has 1 aromatic heterocycles. The first-order valence-corrected chi connectivity index (χ1v) is 5.86. The van der Waals surface area contributed by atoms with Crippen molar-refractivity contribution in [3.8, 4) is 0 Å². The Labute approximate surface area is 105 Å². The standard InChI is InChI=1S/C12H17N3O3/c1-12(2,3)15-5-4-13-9(10(15)16)14-6-8(7-14)11(17)18/h4-5,8H,6-7H2,1-3H3,(H,17,18). The minimum atomic E-state index is -0.821. The number of carboxylic acid groups (broad SMARTS) is 1. The van der Waals surface area contributed by atoms with Crippen LogP contribution in [-0.2, 0) is 10.3 Å². The Morgan fingerprint density at radius 1 is 1.44 bits per heavy atom. The molecule has 0 atom stereocenters. The molecule has 2 heterocycles. The van der Waals surface area contributed by atoms with Crippen molar-refractivity contribution < 1.29 is 9.90 Å². The largest absolute Gasteiger partial charge is 0.481 e. The highest BCUT2D eigenvalue weighted by atomic mass is 16.4. The van der Waals surface area contributed by atoms with Gasteiger partial charge in [-0.05, 0) is 20.8 Å². The summed E-state index contributed by atoms with van der Waals surface area (Å²) in [7, 11) is 0. The highest BCUT2D eigenvalue weighted by Gasteiger charge is 2.35. The van der Waals surface area contributed by atoms with Crippen LogP contribution in [0.3, 0.4) is 0 Å². The number of hydrogen-bond acceptors (Lipinski definition) is 4. The van der Waals surface area contributed by atoms with E-state index in [1.54, 1.807) is 21.9 Å². The van der Waals surface area contributed by atoms with Crippen LogP contribution < -0.4 is 10.5 Å². The monoisotopic (exact) mass is 251 g/mol. The molecule has 18 heavy (non-hydrogen) atoms. The Morgan fingerprint density at radius 2 is 2.06 bits per heavy atom. The second-order valence-electron chi connectivity index (χ2n) is 5.54. The van der Waals surface area contributed by atoms with E-state index in [0.717, 1.165) is 0 Å². The quantitative estimate of drug-likeness (QED) is 0.829. The molecule has 1 aliphatic rings. The number of rotatable bonds is 2. The average Bonchev–Trinajstić information content (AvgIpc) is 2.15. The Kier molecular flexibility index (Phi) is 2.88. The van der Waals surface area contributed by atoms with Crippen LogP contribution in [0.4, 0.5) is 5.82 Å². The van der Waals surface area contributed by atoms with Crippen LogP contribution in [0.2, 0.25) is 0 Å². The molecule has 0 bridgehead atoms. The molecule has 0 aliphatic carbocycles. The molecular formula is C12H17N3O3. The van der Waals surface area contributed by atoms with Gasteiger partial charge >= 0.3 is 5.97 Å². The van der Waals surface area contributed by atoms with Crippen molar-refractivity contribution in [3.63, 3.8) is 0 Å². The fourth-order valence-electron chi connectivity index (χ4n) is 1.95. The van der Waals surface area contributed by atoms with E-state index < -0.39 is 11.9 Å². The van der Waals surface area contributed by atoms with Gasteiger partial charge < -0.3 is 14.6 Å². The van der Waals surface area contributed by atoms with E-state index in [2.05, 4.69) is 4.98 Å². The summed E-state index contributed by atoms with van der Waals surface area (Å²) in [6.45, 7) is 6.52. The number of hydrogen-bond donors (Lipinski definition) is 1. The smallest absolute Gasteiger partial charge is 0.310 e. The van der Waals surface area contributed by atoms with Crippen molar-refractivity contribution in [2.45, 2.75) is 26.3 Å². The van der Waals surface area contributed by atoms with Crippen LogP contribution in [0.15, 0.2) is 17.2 Å². The maximum atomic E-state index is 12.2. The topological polar surface area (TPSA) is 75.4 Å². The number of anilines is 1. The molecular weight excluding hydrogens is 234 g/mol. The molecule has 2 rings (SSSR count). The fraction of sp³-hybridized carbons (Fsp3) is 0.583. The Bertz CT molecular complexity index is 524. The van der Waals surface area contributed by atoms with Gasteiger partial charge in [-0.2, -0.15) is 0 Å². The van der Waals surface area contributed by atoms with Crippen LogP contribution in [-0.4, -0.2) is 33.7 Å². The lowest BCUT2D eigenvalue weighted by molar-refractivity contribution is -0.142. The number of carboxylic acids is 1. The molecule has 0 unspecified atom stereocenters. The maximum absolute atomic E-state index is 12.2. The SMILES string of the molecule is CC(C)(C)n1ccnc(N2CC(C(=O)O)C2)c1=O. The van der Waals surface area contributed by atoms with Crippen LogP contribution >= 0.6 is 0 Å². The molecule has 98 valence electrons. The molecule has 6 nitrogen and oxygen atoms in total. The summed E-state index contributed by atoms with van der Waals surface area (Å²) in [4.78, 5) is 28.8. The van der Waals surface area contributed by atoms with Gasteiger partial charge in [-0.1, -0.05) is 0 Å². The van der Waals surface area contributed by atoms with Crippen molar-refractivity contribution in [2.75, 3.05) is 18.0 Å². The zero-order valence-electron chi connectivity index (χ0n) is 10.8. The number of aromatic nitrogens is 2. The van der Waals surface area contributed by atoms with E-state index in [4.69, 9.17) is 5.11 Å². The van der Waals surface area contributed by atoms with Gasteiger partial charge in [0.15, 0.2) is 5.82 Å². The van der Waals surface area contributed by atoms with Crippen molar-refractivity contribution in [1.82, 2.24) is 9.55 Å². The summed E-state index contributed by atoms with van der Waals surface area (Å²) in [5.74, 6) is -0.877. The van der Waals surface area contributed by atoms with Crippen LogP contribution in [0, 0.1) is 5.92 Å². The molecule has 0 amide bonds. The van der Waals surface area contributed by atoms with Crippen molar-refractivity contribution in [2.24, 2.45) is 5.92 Å². The highest BCUT2D eigenvalue weighted by molar-refractivity contribution is 5.74. The van der Waals surface area contributed by atoms with Gasteiger partial charge in [-0.3, -0.25) is 9.59 Å². The lowest BCUT2D eigenvalue weighted by Gasteiger charge is -2.37. The van der Waals surface area contributed by atoms with E-state index in [1.807, 2.05) is 20.8 Å². The highest BCUT2D eigenvalue weighted by Crippen LogP contribution is 2.20. The first-order chi connectivity index (χ1) is 8.30. The summed E-state index contributed by atoms with van der Waals surface area (Å²) in [5, 5.41) is 8.82. The number of carbonyl (C=O) groups is 1. The van der Waals surface area contributed by atoms with Crippen molar-refractivity contribution in [1.29, 1.82) is 0 Å². The summed E-state index contributed by atoms with van der Waals surface area (Å²) >= 11 is 0. The van der Waals surface area contributed by atoms with E-state index in [9.17, 15) is 9.59 Å². The molecule has 1 saturated heterocycles. The molecule has 0 radical (unpaired) electrons. The lowest BCUT2D eigenvalue weighted by Crippen LogP contribution is -2.53. The van der Waals surface area contributed by atoms with Crippen LogP contribution in [0.25, 0.3) is 0 Å². The summed E-state index contributed by atoms with van der Waals surface area (Å²) in [6, 6.07) is 0. The predicted octanol–water partition coefficient (Wildman–Crippen LogP) is 0.519. The maximum Gasteiger partial charge on any atom is 0.310 e. The molecule has 0 spiro atoms. The third-order valence-corrected chi connectivity index (χ3v) is 3.08. The first kappa shape index (κ1) is 12.6. The lowest BCUT2D eigenvalue weighted by atomic mass is 10.0. The van der Waals surface area contributed by atoms with Crippen molar-refractivity contribution in [3.05, 3.63) is 22.7 Å². The van der Waals surface area contributed by atoms with E-state index in [0.29, 0.717) is 18.9 Å². The van der Waals surface area contributed by atoms with Crippen LogP contribution in [0.1, 0.15) is 20.8 Å². The Morgan fingerprint density at radius 3 is 2.56 bits per heavy atom. The molecule has 1 N–H and O–H groups in total. The van der Waals surface area contributed by atoms with Gasteiger partial charge in [-0.15, -0.1) is 0 Å². The third kappa shape index (κ3) is 2.10. The summed E-state index contributed by atoms with van der Waals surface area (Å²) in [6.07, 6.45) is 3.23. The molecule has 0 aromatic carbocycles. The average molecular weight is 251 g/mol. The second-order valence-corrected chi connectivity index (χ2v) is 5.54. The van der Waals surface area contributed by atoms with Gasteiger partial charge in [0.25, 0.3) is 5.56 Å². The van der Waals surface area contributed by atoms with E-state index >= 15 is 0 Å². The van der Waals surface area contributed by atoms with Gasteiger partial charge in [-0.25, -0.2) is 4.98 Å². The van der Waals surface area contributed by atoms with E-state index in [-0.39, 0.29) is 11.1 Å². The Balaban J connectivity index is 2.27. The zero-order chi connectivity index (χ0) is 13.5. The van der Waals surface area contributed by atoms with Gasteiger partial charge in [0.2, 0.25) is 0 Å². The molecule has 1 aromatic rings. The normalized spacial score (nSPS) is 16.5. The van der Waals surface area contributed by atoms with Crippen LogP contribution in [0.5, 0.6) is 0 Å². The fourth-order valence-corrected chi connectivity index (χ4v) is 1.95.